The minimum atomic E-state index is -0.819. The standard InChI is InChI=1S/C16H22N2O3/c1-11(13-5-3-6-13)17-16(21)18-14-7-2-4-12(10-14)8-9-15(19)20/h2,4,7,10-11,13H,3,5-6,8-9H2,1H3,(H,19,20)(H2,17,18,21). The first-order valence-corrected chi connectivity index (χ1v) is 7.43. The highest BCUT2D eigenvalue weighted by Crippen LogP contribution is 2.29. The van der Waals surface area contributed by atoms with Crippen LogP contribution in [-0.2, 0) is 11.2 Å². The zero-order chi connectivity index (χ0) is 15.2. The lowest BCUT2D eigenvalue weighted by molar-refractivity contribution is -0.136. The molecule has 1 fully saturated rings. The smallest absolute Gasteiger partial charge is 0.319 e. The van der Waals surface area contributed by atoms with Crippen LogP contribution in [-0.4, -0.2) is 23.1 Å². The first-order valence-electron chi connectivity index (χ1n) is 7.43. The summed E-state index contributed by atoms with van der Waals surface area (Å²) in [6, 6.07) is 7.29. The van der Waals surface area contributed by atoms with Crippen molar-refractivity contribution >= 4 is 17.7 Å². The second-order valence-electron chi connectivity index (χ2n) is 5.67. The lowest BCUT2D eigenvalue weighted by atomic mass is 9.80. The number of benzene rings is 1. The molecule has 5 heteroatoms. The minimum Gasteiger partial charge on any atom is -0.481 e. The van der Waals surface area contributed by atoms with Crippen LogP contribution in [0.2, 0.25) is 0 Å². The molecular formula is C16H22N2O3. The number of aryl methyl sites for hydroxylation is 1. The van der Waals surface area contributed by atoms with Crippen molar-refractivity contribution in [3.8, 4) is 0 Å². The van der Waals surface area contributed by atoms with Gasteiger partial charge in [0.25, 0.3) is 0 Å². The average molecular weight is 290 g/mol. The van der Waals surface area contributed by atoms with Gasteiger partial charge in [-0.1, -0.05) is 18.6 Å². The summed E-state index contributed by atoms with van der Waals surface area (Å²) in [5.74, 6) is -0.224. The minimum absolute atomic E-state index is 0.0916. The molecule has 0 radical (unpaired) electrons. The van der Waals surface area contributed by atoms with E-state index in [0.717, 1.165) is 5.56 Å². The van der Waals surface area contributed by atoms with Gasteiger partial charge in [-0.2, -0.15) is 0 Å². The van der Waals surface area contributed by atoms with Crippen LogP contribution in [0.1, 0.15) is 38.2 Å². The number of rotatable bonds is 6. The Hall–Kier alpha value is -2.04. The molecule has 0 heterocycles. The van der Waals surface area contributed by atoms with E-state index in [0.29, 0.717) is 18.0 Å². The molecule has 1 unspecified atom stereocenters. The van der Waals surface area contributed by atoms with Crippen molar-refractivity contribution in [2.45, 2.75) is 45.1 Å². The summed E-state index contributed by atoms with van der Waals surface area (Å²) in [5, 5.41) is 14.5. The largest absolute Gasteiger partial charge is 0.481 e. The number of hydrogen-bond acceptors (Lipinski definition) is 2. The molecule has 1 aliphatic carbocycles. The fourth-order valence-corrected chi connectivity index (χ4v) is 2.49. The van der Waals surface area contributed by atoms with Crippen molar-refractivity contribution in [2.24, 2.45) is 5.92 Å². The van der Waals surface area contributed by atoms with E-state index >= 15 is 0 Å². The number of hydrogen-bond donors (Lipinski definition) is 3. The third-order valence-corrected chi connectivity index (χ3v) is 4.03. The van der Waals surface area contributed by atoms with Crippen LogP contribution < -0.4 is 10.6 Å². The van der Waals surface area contributed by atoms with Gasteiger partial charge in [-0.15, -0.1) is 0 Å². The average Bonchev–Trinajstić information content (AvgIpc) is 2.34. The van der Waals surface area contributed by atoms with Gasteiger partial charge in [0, 0.05) is 18.2 Å². The van der Waals surface area contributed by atoms with Gasteiger partial charge in [0.1, 0.15) is 0 Å². The molecule has 1 aromatic rings. The zero-order valence-electron chi connectivity index (χ0n) is 12.3. The Morgan fingerprint density at radius 1 is 1.38 bits per heavy atom. The van der Waals surface area contributed by atoms with Crippen molar-refractivity contribution < 1.29 is 14.7 Å². The summed E-state index contributed by atoms with van der Waals surface area (Å²) in [5.41, 5.74) is 1.60. The Balaban J connectivity index is 1.84. The molecule has 2 rings (SSSR count). The van der Waals surface area contributed by atoms with E-state index in [4.69, 9.17) is 5.11 Å². The van der Waals surface area contributed by atoms with Gasteiger partial charge in [0.05, 0.1) is 0 Å². The van der Waals surface area contributed by atoms with Crippen molar-refractivity contribution in [3.05, 3.63) is 29.8 Å². The number of carbonyl (C=O) groups excluding carboxylic acids is 1. The summed E-state index contributed by atoms with van der Waals surface area (Å²) in [4.78, 5) is 22.5. The first-order chi connectivity index (χ1) is 10.0. The number of amides is 2. The van der Waals surface area contributed by atoms with Crippen LogP contribution >= 0.6 is 0 Å². The van der Waals surface area contributed by atoms with E-state index in [1.54, 1.807) is 6.07 Å². The number of nitrogens with one attached hydrogen (secondary N) is 2. The van der Waals surface area contributed by atoms with Crippen molar-refractivity contribution in [1.29, 1.82) is 0 Å². The molecule has 1 atom stereocenters. The van der Waals surface area contributed by atoms with Gasteiger partial charge >= 0.3 is 12.0 Å². The first kappa shape index (κ1) is 15.4. The Bertz CT molecular complexity index is 512. The molecule has 21 heavy (non-hydrogen) atoms. The molecule has 5 nitrogen and oxygen atoms in total. The normalized spacial score (nSPS) is 15.9. The molecule has 114 valence electrons. The van der Waals surface area contributed by atoms with E-state index in [2.05, 4.69) is 10.6 Å². The molecule has 3 N–H and O–H groups in total. The van der Waals surface area contributed by atoms with Crippen LogP contribution in [0.25, 0.3) is 0 Å². The maximum Gasteiger partial charge on any atom is 0.319 e. The molecule has 2 amide bonds. The van der Waals surface area contributed by atoms with E-state index < -0.39 is 5.97 Å². The number of carboxylic acids is 1. The van der Waals surface area contributed by atoms with E-state index in [1.807, 2.05) is 25.1 Å². The van der Waals surface area contributed by atoms with Gasteiger partial charge in [0.15, 0.2) is 0 Å². The number of anilines is 1. The monoisotopic (exact) mass is 290 g/mol. The van der Waals surface area contributed by atoms with Crippen LogP contribution in [0.4, 0.5) is 10.5 Å². The maximum atomic E-state index is 11.9. The number of urea groups is 1. The highest BCUT2D eigenvalue weighted by Gasteiger charge is 2.24. The SMILES string of the molecule is CC(NC(=O)Nc1cccc(CCC(=O)O)c1)C1CCC1. The van der Waals surface area contributed by atoms with Crippen molar-refractivity contribution in [1.82, 2.24) is 5.32 Å². The van der Waals surface area contributed by atoms with Gasteiger partial charge < -0.3 is 15.7 Å². The Morgan fingerprint density at radius 2 is 2.14 bits per heavy atom. The van der Waals surface area contributed by atoms with Crippen LogP contribution in [0.15, 0.2) is 24.3 Å². The second-order valence-corrected chi connectivity index (χ2v) is 5.67. The lowest BCUT2D eigenvalue weighted by Gasteiger charge is -2.31. The van der Waals surface area contributed by atoms with E-state index in [9.17, 15) is 9.59 Å². The Morgan fingerprint density at radius 3 is 2.76 bits per heavy atom. The molecule has 0 bridgehead atoms. The molecular weight excluding hydrogens is 268 g/mol. The predicted octanol–water partition coefficient (Wildman–Crippen LogP) is 3.01. The topological polar surface area (TPSA) is 78.4 Å². The van der Waals surface area contributed by atoms with Gasteiger partial charge in [-0.3, -0.25) is 4.79 Å². The van der Waals surface area contributed by atoms with Crippen molar-refractivity contribution in [3.63, 3.8) is 0 Å². The molecule has 1 aromatic carbocycles. The number of carboxylic acid groups (broad SMARTS) is 1. The summed E-state index contributed by atoms with van der Waals surface area (Å²) in [6.07, 6.45) is 4.18. The van der Waals surface area contributed by atoms with E-state index in [-0.39, 0.29) is 18.5 Å². The van der Waals surface area contributed by atoms with E-state index in [1.165, 1.54) is 19.3 Å². The molecule has 0 aliphatic heterocycles. The van der Waals surface area contributed by atoms with Gasteiger partial charge in [-0.25, -0.2) is 4.79 Å². The molecule has 0 spiro atoms. The maximum absolute atomic E-state index is 11.9. The molecule has 1 saturated carbocycles. The summed E-state index contributed by atoms with van der Waals surface area (Å²) in [6.45, 7) is 2.03. The highest BCUT2D eigenvalue weighted by molar-refractivity contribution is 5.89. The summed E-state index contributed by atoms with van der Waals surface area (Å²) < 4.78 is 0. The van der Waals surface area contributed by atoms with Gasteiger partial charge in [-0.05, 0) is 49.8 Å². The Kier molecular flexibility index (Phi) is 5.20. The fraction of sp³-hybridized carbons (Fsp3) is 0.500. The number of aliphatic carboxylic acids is 1. The van der Waals surface area contributed by atoms with Crippen LogP contribution in [0, 0.1) is 5.92 Å². The molecule has 1 aliphatic rings. The summed E-state index contributed by atoms with van der Waals surface area (Å²) in [7, 11) is 0. The second kappa shape index (κ2) is 7.11. The Labute approximate surface area is 124 Å². The van der Waals surface area contributed by atoms with Gasteiger partial charge in [0.2, 0.25) is 0 Å². The lowest BCUT2D eigenvalue weighted by Crippen LogP contribution is -2.42. The fourth-order valence-electron chi connectivity index (χ4n) is 2.49. The zero-order valence-corrected chi connectivity index (χ0v) is 12.3. The predicted molar refractivity (Wildman–Crippen MR) is 81.4 cm³/mol. The van der Waals surface area contributed by atoms with Crippen molar-refractivity contribution in [2.75, 3.05) is 5.32 Å². The van der Waals surface area contributed by atoms with Crippen LogP contribution in [0.5, 0.6) is 0 Å². The molecule has 0 aromatic heterocycles. The third kappa shape index (κ3) is 4.77. The molecule has 0 saturated heterocycles. The number of carbonyl (C=O) groups is 2. The summed E-state index contributed by atoms with van der Waals surface area (Å²) >= 11 is 0. The highest BCUT2D eigenvalue weighted by atomic mass is 16.4. The van der Waals surface area contributed by atoms with Crippen LogP contribution in [0.3, 0.4) is 0 Å². The quantitative estimate of drug-likeness (QED) is 0.753. The third-order valence-electron chi connectivity index (χ3n) is 4.03.